The van der Waals surface area contributed by atoms with Gasteiger partial charge >= 0.3 is 12.0 Å². The van der Waals surface area contributed by atoms with Gasteiger partial charge in [0, 0.05) is 5.69 Å². The maximum atomic E-state index is 12.2. The maximum absolute atomic E-state index is 12.2. The first-order valence-corrected chi connectivity index (χ1v) is 9.73. The lowest BCUT2D eigenvalue weighted by atomic mass is 10.0. The number of rotatable bonds is 8. The van der Waals surface area contributed by atoms with E-state index in [1.165, 1.54) is 5.56 Å². The zero-order chi connectivity index (χ0) is 20.6. The zero-order valence-electron chi connectivity index (χ0n) is 17.0. The summed E-state index contributed by atoms with van der Waals surface area (Å²) in [6.07, 6.45) is 2.61. The molecule has 7 nitrogen and oxygen atoms in total. The molecule has 1 aromatic heterocycles. The fraction of sp³-hybridized carbons (Fsp3) is 0.318. The van der Waals surface area contributed by atoms with E-state index in [0.29, 0.717) is 24.6 Å². The fourth-order valence-corrected chi connectivity index (χ4v) is 2.81. The van der Waals surface area contributed by atoms with E-state index in [4.69, 9.17) is 9.15 Å². The monoisotopic (exact) mass is 394 g/mol. The summed E-state index contributed by atoms with van der Waals surface area (Å²) >= 11 is 0. The molecule has 152 valence electrons. The molecule has 7 heteroatoms. The van der Waals surface area contributed by atoms with E-state index in [-0.39, 0.29) is 6.01 Å². The number of ether oxygens (including phenoxy) is 1. The molecule has 0 radical (unpaired) electrons. The molecule has 0 spiro atoms. The molecule has 2 aromatic carbocycles. The van der Waals surface area contributed by atoms with Crippen molar-refractivity contribution in [2.75, 3.05) is 17.2 Å². The average Bonchev–Trinajstić information content (AvgIpc) is 3.12. The number of amides is 2. The van der Waals surface area contributed by atoms with E-state index >= 15 is 0 Å². The summed E-state index contributed by atoms with van der Waals surface area (Å²) in [5.41, 5.74) is 4.12. The van der Waals surface area contributed by atoms with E-state index in [9.17, 15) is 4.79 Å². The highest BCUT2D eigenvalue weighted by Crippen LogP contribution is 2.18. The molecule has 0 aliphatic carbocycles. The average molecular weight is 394 g/mol. The Bertz CT molecular complexity index is 951. The van der Waals surface area contributed by atoms with Crippen molar-refractivity contribution in [2.24, 2.45) is 0 Å². The first-order chi connectivity index (χ1) is 14.0. The minimum absolute atomic E-state index is 0.0572. The predicted octanol–water partition coefficient (Wildman–Crippen LogP) is 5.10. The van der Waals surface area contributed by atoms with E-state index in [2.05, 4.69) is 40.7 Å². The number of unbranched alkanes of at least 4 members (excludes halogenated alkanes) is 1. The van der Waals surface area contributed by atoms with Crippen LogP contribution in [0.3, 0.4) is 0 Å². The normalized spacial score (nSPS) is 10.6. The summed E-state index contributed by atoms with van der Waals surface area (Å²) in [7, 11) is 0. The third-order valence-corrected chi connectivity index (χ3v) is 4.41. The molecule has 0 atom stereocenters. The van der Waals surface area contributed by atoms with Gasteiger partial charge in [-0.3, -0.25) is 5.32 Å². The van der Waals surface area contributed by atoms with E-state index < -0.39 is 6.03 Å². The maximum Gasteiger partial charge on any atom is 0.327 e. The zero-order valence-corrected chi connectivity index (χ0v) is 17.0. The van der Waals surface area contributed by atoms with Crippen LogP contribution in [0.1, 0.15) is 42.3 Å². The summed E-state index contributed by atoms with van der Waals surface area (Å²) < 4.78 is 11.1. The largest absolute Gasteiger partial charge is 0.494 e. The predicted molar refractivity (Wildman–Crippen MR) is 113 cm³/mol. The van der Waals surface area contributed by atoms with Crippen LogP contribution in [0, 0.1) is 13.8 Å². The van der Waals surface area contributed by atoms with Crippen LogP contribution in [0.2, 0.25) is 0 Å². The molecule has 0 fully saturated rings. The molecule has 3 rings (SSSR count). The SMILES string of the molecule is CCCCOc1ccc(NC(=O)Nc2nnc(Cc3ccc(C)cc3C)o2)cc1. The number of nitrogens with zero attached hydrogens (tertiary/aromatic N) is 2. The molecule has 0 unspecified atom stereocenters. The Morgan fingerprint density at radius 3 is 2.59 bits per heavy atom. The van der Waals surface area contributed by atoms with E-state index in [0.717, 1.165) is 29.7 Å². The van der Waals surface area contributed by atoms with Crippen molar-refractivity contribution < 1.29 is 13.9 Å². The van der Waals surface area contributed by atoms with Crippen molar-refractivity contribution >= 4 is 17.7 Å². The Morgan fingerprint density at radius 2 is 1.86 bits per heavy atom. The van der Waals surface area contributed by atoms with Crippen LogP contribution < -0.4 is 15.4 Å². The summed E-state index contributed by atoms with van der Waals surface area (Å²) in [5.74, 6) is 1.22. The first kappa shape index (κ1) is 20.4. The topological polar surface area (TPSA) is 89.3 Å². The van der Waals surface area contributed by atoms with Crippen molar-refractivity contribution in [1.82, 2.24) is 10.2 Å². The number of hydrogen-bond donors (Lipinski definition) is 2. The van der Waals surface area contributed by atoms with Gasteiger partial charge in [-0.05, 0) is 55.7 Å². The van der Waals surface area contributed by atoms with E-state index in [1.54, 1.807) is 12.1 Å². The second kappa shape index (κ2) is 9.73. The minimum atomic E-state index is -0.452. The summed E-state index contributed by atoms with van der Waals surface area (Å²) in [5, 5.41) is 13.2. The van der Waals surface area contributed by atoms with E-state index in [1.807, 2.05) is 31.2 Å². The number of urea groups is 1. The van der Waals surface area contributed by atoms with Crippen LogP contribution in [-0.4, -0.2) is 22.8 Å². The Labute approximate surface area is 170 Å². The molecular formula is C22H26N4O3. The summed E-state index contributed by atoms with van der Waals surface area (Å²) in [6.45, 7) is 6.90. The Hall–Kier alpha value is -3.35. The Kier molecular flexibility index (Phi) is 6.84. The standard InChI is InChI=1S/C22H26N4O3/c1-4-5-12-28-19-10-8-18(9-11-19)23-21(27)24-22-26-25-20(29-22)14-17-7-6-15(2)13-16(17)3/h6-11,13H,4-5,12,14H2,1-3H3,(H2,23,24,26,27). The van der Waals surface area contributed by atoms with Crippen LogP contribution in [0.5, 0.6) is 5.75 Å². The number of carbonyl (C=O) groups excluding carboxylic acids is 1. The van der Waals surface area contributed by atoms with Gasteiger partial charge in [0.05, 0.1) is 13.0 Å². The highest BCUT2D eigenvalue weighted by molar-refractivity contribution is 5.98. The summed E-state index contributed by atoms with van der Waals surface area (Å²) in [6, 6.07) is 13.0. The van der Waals surface area contributed by atoms with Gasteiger partial charge in [0.2, 0.25) is 5.89 Å². The quantitative estimate of drug-likeness (QED) is 0.519. The molecule has 3 aromatic rings. The van der Waals surface area contributed by atoms with Gasteiger partial charge in [-0.15, -0.1) is 5.10 Å². The molecule has 0 saturated heterocycles. The smallest absolute Gasteiger partial charge is 0.327 e. The van der Waals surface area contributed by atoms with Crippen LogP contribution >= 0.6 is 0 Å². The van der Waals surface area contributed by atoms with Crippen LogP contribution in [-0.2, 0) is 6.42 Å². The van der Waals surface area contributed by atoms with Gasteiger partial charge in [-0.25, -0.2) is 4.79 Å². The number of anilines is 2. The highest BCUT2D eigenvalue weighted by atomic mass is 16.5. The van der Waals surface area contributed by atoms with Gasteiger partial charge in [0.1, 0.15) is 5.75 Å². The van der Waals surface area contributed by atoms with Crippen LogP contribution in [0.25, 0.3) is 0 Å². The van der Waals surface area contributed by atoms with Crippen molar-refractivity contribution in [3.05, 3.63) is 65.0 Å². The first-order valence-electron chi connectivity index (χ1n) is 9.73. The Morgan fingerprint density at radius 1 is 1.07 bits per heavy atom. The number of hydrogen-bond acceptors (Lipinski definition) is 5. The van der Waals surface area contributed by atoms with Crippen molar-refractivity contribution in [3.8, 4) is 5.75 Å². The second-order valence-electron chi connectivity index (χ2n) is 6.91. The molecule has 2 amide bonds. The molecule has 2 N–H and O–H groups in total. The number of aryl methyl sites for hydroxylation is 2. The molecular weight excluding hydrogens is 368 g/mol. The third-order valence-electron chi connectivity index (χ3n) is 4.41. The number of aromatic nitrogens is 2. The number of nitrogens with one attached hydrogen (secondary N) is 2. The highest BCUT2D eigenvalue weighted by Gasteiger charge is 2.11. The van der Waals surface area contributed by atoms with Crippen LogP contribution in [0.4, 0.5) is 16.5 Å². The molecule has 0 aliphatic heterocycles. The molecule has 0 aliphatic rings. The minimum Gasteiger partial charge on any atom is -0.494 e. The lowest BCUT2D eigenvalue weighted by Crippen LogP contribution is -2.19. The molecule has 0 saturated carbocycles. The van der Waals surface area contributed by atoms with Crippen LogP contribution in [0.15, 0.2) is 46.9 Å². The lowest BCUT2D eigenvalue weighted by molar-refractivity contribution is 0.261. The van der Waals surface area contributed by atoms with Gasteiger partial charge < -0.3 is 14.5 Å². The van der Waals surface area contributed by atoms with Gasteiger partial charge in [0.25, 0.3) is 0 Å². The second-order valence-corrected chi connectivity index (χ2v) is 6.91. The van der Waals surface area contributed by atoms with Gasteiger partial charge in [0.15, 0.2) is 0 Å². The summed E-state index contributed by atoms with van der Waals surface area (Å²) in [4.78, 5) is 12.2. The van der Waals surface area contributed by atoms with Crippen molar-refractivity contribution in [1.29, 1.82) is 0 Å². The van der Waals surface area contributed by atoms with Gasteiger partial charge in [-0.1, -0.05) is 42.2 Å². The number of carbonyl (C=O) groups is 1. The molecule has 29 heavy (non-hydrogen) atoms. The van der Waals surface area contributed by atoms with Crippen molar-refractivity contribution in [2.45, 2.75) is 40.0 Å². The van der Waals surface area contributed by atoms with Crippen molar-refractivity contribution in [3.63, 3.8) is 0 Å². The Balaban J connectivity index is 1.52. The lowest BCUT2D eigenvalue weighted by Gasteiger charge is -2.07. The number of benzene rings is 2. The fourth-order valence-electron chi connectivity index (χ4n) is 2.81. The van der Waals surface area contributed by atoms with Gasteiger partial charge in [-0.2, -0.15) is 0 Å². The molecule has 1 heterocycles. The molecule has 0 bridgehead atoms. The third kappa shape index (κ3) is 6.07.